The van der Waals surface area contributed by atoms with Crippen LogP contribution in [0.2, 0.25) is 0 Å². The Bertz CT molecular complexity index is 315. The molecule has 1 aliphatic rings. The van der Waals surface area contributed by atoms with E-state index < -0.39 is 0 Å². The third-order valence-corrected chi connectivity index (χ3v) is 3.84. The van der Waals surface area contributed by atoms with E-state index in [1.54, 1.807) is 6.26 Å². The molecule has 1 saturated carbocycles. The zero-order valence-corrected chi connectivity index (χ0v) is 10.6. The summed E-state index contributed by atoms with van der Waals surface area (Å²) >= 11 is 0. The molecular weight excluding hydrogens is 198 g/mol. The molecule has 1 heterocycles. The van der Waals surface area contributed by atoms with Crippen molar-refractivity contribution in [3.8, 4) is 0 Å². The number of rotatable bonds is 3. The van der Waals surface area contributed by atoms with Crippen molar-refractivity contribution in [3.63, 3.8) is 0 Å². The third-order valence-electron chi connectivity index (χ3n) is 3.84. The Morgan fingerprint density at radius 1 is 1.50 bits per heavy atom. The quantitative estimate of drug-likeness (QED) is 0.844. The first kappa shape index (κ1) is 11.7. The summed E-state index contributed by atoms with van der Waals surface area (Å²) < 4.78 is 5.07. The highest BCUT2D eigenvalue weighted by atomic mass is 16.3. The lowest BCUT2D eigenvalue weighted by Gasteiger charge is -2.39. The van der Waals surface area contributed by atoms with Crippen LogP contribution in [-0.4, -0.2) is 6.04 Å². The van der Waals surface area contributed by atoms with Crippen LogP contribution in [0.25, 0.3) is 0 Å². The first-order chi connectivity index (χ1) is 7.57. The maximum Gasteiger partial charge on any atom is 0.0947 e. The highest BCUT2D eigenvalue weighted by Crippen LogP contribution is 2.38. The molecule has 0 saturated heterocycles. The van der Waals surface area contributed by atoms with E-state index in [0.717, 1.165) is 12.5 Å². The number of hydrogen-bond acceptors (Lipinski definition) is 2. The molecule has 1 fully saturated rings. The average molecular weight is 221 g/mol. The number of furan rings is 1. The van der Waals surface area contributed by atoms with Crippen LogP contribution in [0.4, 0.5) is 0 Å². The van der Waals surface area contributed by atoms with Gasteiger partial charge in [-0.3, -0.25) is 0 Å². The predicted molar refractivity (Wildman–Crippen MR) is 66.1 cm³/mol. The Labute approximate surface area is 98.4 Å². The van der Waals surface area contributed by atoms with Gasteiger partial charge in [0.2, 0.25) is 0 Å². The minimum Gasteiger partial charge on any atom is -0.472 e. The average Bonchev–Trinajstić information content (AvgIpc) is 2.68. The van der Waals surface area contributed by atoms with Gasteiger partial charge in [-0.2, -0.15) is 0 Å². The fourth-order valence-corrected chi connectivity index (χ4v) is 2.89. The fraction of sp³-hybridized carbons (Fsp3) is 0.714. The van der Waals surface area contributed by atoms with Gasteiger partial charge in [-0.25, -0.2) is 0 Å². The Balaban J connectivity index is 1.83. The summed E-state index contributed by atoms with van der Waals surface area (Å²) in [5.74, 6) is 0.774. The second-order valence-electron chi connectivity index (χ2n) is 6.00. The number of nitrogens with one attached hydrogen (secondary N) is 1. The van der Waals surface area contributed by atoms with Crippen molar-refractivity contribution < 1.29 is 4.42 Å². The van der Waals surface area contributed by atoms with Crippen molar-refractivity contribution in [1.29, 1.82) is 0 Å². The van der Waals surface area contributed by atoms with Crippen molar-refractivity contribution in [2.45, 2.75) is 52.6 Å². The summed E-state index contributed by atoms with van der Waals surface area (Å²) in [6.45, 7) is 8.07. The summed E-state index contributed by atoms with van der Waals surface area (Å²) in [4.78, 5) is 0. The molecule has 1 N–H and O–H groups in total. The predicted octanol–water partition coefficient (Wildman–Crippen LogP) is 3.58. The van der Waals surface area contributed by atoms with Gasteiger partial charge in [0, 0.05) is 18.2 Å². The Morgan fingerprint density at radius 3 is 2.94 bits per heavy atom. The van der Waals surface area contributed by atoms with Gasteiger partial charge in [0.05, 0.1) is 12.5 Å². The maximum atomic E-state index is 5.07. The van der Waals surface area contributed by atoms with Crippen LogP contribution in [0, 0.1) is 11.3 Å². The van der Waals surface area contributed by atoms with Gasteiger partial charge in [0.25, 0.3) is 0 Å². The fourth-order valence-electron chi connectivity index (χ4n) is 2.89. The highest BCUT2D eigenvalue weighted by Gasteiger charge is 2.31. The number of hydrogen-bond donors (Lipinski definition) is 1. The first-order valence-electron chi connectivity index (χ1n) is 6.31. The molecular formula is C14H23NO. The molecule has 1 aromatic heterocycles. The van der Waals surface area contributed by atoms with Gasteiger partial charge in [-0.15, -0.1) is 0 Å². The molecule has 2 rings (SSSR count). The van der Waals surface area contributed by atoms with Crippen molar-refractivity contribution in [1.82, 2.24) is 5.32 Å². The summed E-state index contributed by atoms with van der Waals surface area (Å²) in [6.07, 6.45) is 7.53. The molecule has 1 aromatic rings. The van der Waals surface area contributed by atoms with E-state index in [9.17, 15) is 0 Å². The van der Waals surface area contributed by atoms with E-state index in [4.69, 9.17) is 4.42 Å². The van der Waals surface area contributed by atoms with Gasteiger partial charge < -0.3 is 9.73 Å². The molecule has 2 unspecified atom stereocenters. The zero-order valence-electron chi connectivity index (χ0n) is 10.6. The van der Waals surface area contributed by atoms with Crippen LogP contribution in [0.3, 0.4) is 0 Å². The van der Waals surface area contributed by atoms with E-state index >= 15 is 0 Å². The van der Waals surface area contributed by atoms with Crippen molar-refractivity contribution >= 4 is 0 Å². The molecule has 0 aromatic carbocycles. The normalized spacial score (nSPS) is 29.2. The summed E-state index contributed by atoms with van der Waals surface area (Å²) in [7, 11) is 0. The van der Waals surface area contributed by atoms with E-state index in [0.29, 0.717) is 11.5 Å². The van der Waals surface area contributed by atoms with Crippen LogP contribution in [0.5, 0.6) is 0 Å². The lowest BCUT2D eigenvalue weighted by molar-refractivity contribution is 0.148. The van der Waals surface area contributed by atoms with Crippen molar-refractivity contribution in [2.24, 2.45) is 11.3 Å². The molecule has 2 nitrogen and oxygen atoms in total. The monoisotopic (exact) mass is 221 g/mol. The smallest absolute Gasteiger partial charge is 0.0947 e. The second-order valence-corrected chi connectivity index (χ2v) is 6.00. The Hall–Kier alpha value is -0.760. The maximum absolute atomic E-state index is 5.07. The van der Waals surface area contributed by atoms with Crippen LogP contribution in [-0.2, 0) is 6.54 Å². The van der Waals surface area contributed by atoms with E-state index in [2.05, 4.69) is 26.1 Å². The molecule has 0 radical (unpaired) electrons. The van der Waals surface area contributed by atoms with Gasteiger partial charge in [0.15, 0.2) is 0 Å². The lowest BCUT2D eigenvalue weighted by atomic mass is 9.70. The summed E-state index contributed by atoms with van der Waals surface area (Å²) in [5, 5.41) is 3.65. The van der Waals surface area contributed by atoms with Gasteiger partial charge in [-0.05, 0) is 36.7 Å². The van der Waals surface area contributed by atoms with Crippen LogP contribution >= 0.6 is 0 Å². The molecule has 90 valence electrons. The minimum absolute atomic E-state index is 0.535. The molecule has 0 aliphatic heterocycles. The van der Waals surface area contributed by atoms with E-state index in [-0.39, 0.29) is 0 Å². The van der Waals surface area contributed by atoms with E-state index in [1.165, 1.54) is 24.8 Å². The van der Waals surface area contributed by atoms with Crippen molar-refractivity contribution in [2.75, 3.05) is 0 Å². The van der Waals surface area contributed by atoms with Crippen LogP contribution in [0.15, 0.2) is 23.0 Å². The van der Waals surface area contributed by atoms with Crippen LogP contribution < -0.4 is 5.32 Å². The summed E-state index contributed by atoms with van der Waals surface area (Å²) in [6, 6.07) is 2.70. The molecule has 16 heavy (non-hydrogen) atoms. The SMILES string of the molecule is CC1CC(C)(C)CCC1NCc1ccoc1. The van der Waals surface area contributed by atoms with E-state index in [1.807, 2.05) is 12.3 Å². The lowest BCUT2D eigenvalue weighted by Crippen LogP contribution is -2.41. The molecule has 1 aliphatic carbocycles. The standard InChI is InChI=1S/C14H23NO/c1-11-8-14(2,3)6-4-13(11)15-9-12-5-7-16-10-12/h5,7,10-11,13,15H,4,6,8-9H2,1-3H3. The van der Waals surface area contributed by atoms with Crippen molar-refractivity contribution in [3.05, 3.63) is 24.2 Å². The van der Waals surface area contributed by atoms with Gasteiger partial charge in [0.1, 0.15) is 0 Å². The minimum atomic E-state index is 0.535. The zero-order chi connectivity index (χ0) is 11.6. The molecule has 0 spiro atoms. The Kier molecular flexibility index (Phi) is 3.38. The highest BCUT2D eigenvalue weighted by molar-refractivity contribution is 5.05. The molecule has 2 atom stereocenters. The van der Waals surface area contributed by atoms with Gasteiger partial charge in [-0.1, -0.05) is 20.8 Å². The molecule has 2 heteroatoms. The summed E-state index contributed by atoms with van der Waals surface area (Å²) in [5.41, 5.74) is 1.78. The Morgan fingerprint density at radius 2 is 2.31 bits per heavy atom. The van der Waals surface area contributed by atoms with Gasteiger partial charge >= 0.3 is 0 Å². The molecule has 0 bridgehead atoms. The largest absolute Gasteiger partial charge is 0.472 e. The third kappa shape index (κ3) is 2.88. The second kappa shape index (κ2) is 4.62. The topological polar surface area (TPSA) is 25.2 Å². The molecule has 0 amide bonds. The first-order valence-corrected chi connectivity index (χ1v) is 6.31. The van der Waals surface area contributed by atoms with Crippen LogP contribution in [0.1, 0.15) is 45.6 Å².